The zero-order valence-electron chi connectivity index (χ0n) is 11.6. The molecule has 2 aromatic heterocycles. The lowest BCUT2D eigenvalue weighted by molar-refractivity contribution is 0.102. The molecule has 5 heteroatoms. The molecule has 0 aliphatic rings. The fourth-order valence-electron chi connectivity index (χ4n) is 1.67. The van der Waals surface area contributed by atoms with E-state index in [-0.39, 0.29) is 11.3 Å². The number of H-pyrrole nitrogens is 1. The third kappa shape index (κ3) is 2.99. The Hall–Kier alpha value is -2.17. The summed E-state index contributed by atoms with van der Waals surface area (Å²) in [7, 11) is 0. The van der Waals surface area contributed by atoms with Crippen molar-refractivity contribution >= 4 is 11.7 Å². The molecule has 0 radical (unpaired) electrons. The zero-order chi connectivity index (χ0) is 14.0. The summed E-state index contributed by atoms with van der Waals surface area (Å²) in [4.78, 5) is 16.1. The smallest absolute Gasteiger partial charge is 0.275 e. The third-order valence-electron chi connectivity index (χ3n) is 2.85. The van der Waals surface area contributed by atoms with Crippen LogP contribution in [0.3, 0.4) is 0 Å². The van der Waals surface area contributed by atoms with Crippen LogP contribution in [0.25, 0.3) is 0 Å². The molecule has 0 aliphatic heterocycles. The second kappa shape index (κ2) is 4.84. The Kier molecular flexibility index (Phi) is 3.38. The van der Waals surface area contributed by atoms with Crippen molar-refractivity contribution in [2.75, 3.05) is 5.32 Å². The highest BCUT2D eigenvalue weighted by atomic mass is 16.2. The van der Waals surface area contributed by atoms with Crippen molar-refractivity contribution in [3.05, 3.63) is 41.3 Å². The SMILES string of the molecule is Cc1cccnc1C(=O)Nc1cc(C(C)(C)C)[nH]n1. The number of hydrogen-bond donors (Lipinski definition) is 2. The minimum Gasteiger partial charge on any atom is -0.304 e. The summed E-state index contributed by atoms with van der Waals surface area (Å²) in [5.41, 5.74) is 2.20. The van der Waals surface area contributed by atoms with Gasteiger partial charge in [-0.25, -0.2) is 0 Å². The van der Waals surface area contributed by atoms with Crippen molar-refractivity contribution in [1.82, 2.24) is 15.2 Å². The van der Waals surface area contributed by atoms with Crippen molar-refractivity contribution < 1.29 is 4.79 Å². The second-order valence-electron chi connectivity index (χ2n) is 5.54. The van der Waals surface area contributed by atoms with Crippen LogP contribution >= 0.6 is 0 Å². The summed E-state index contributed by atoms with van der Waals surface area (Å²) in [6, 6.07) is 5.50. The number of aromatic amines is 1. The van der Waals surface area contributed by atoms with Gasteiger partial charge in [0.05, 0.1) is 0 Å². The molecule has 2 heterocycles. The summed E-state index contributed by atoms with van der Waals surface area (Å²) in [6.45, 7) is 8.09. The van der Waals surface area contributed by atoms with Gasteiger partial charge in [0.15, 0.2) is 5.82 Å². The Morgan fingerprint density at radius 3 is 2.68 bits per heavy atom. The van der Waals surface area contributed by atoms with Crippen molar-refractivity contribution in [2.24, 2.45) is 0 Å². The van der Waals surface area contributed by atoms with Gasteiger partial charge >= 0.3 is 0 Å². The minimum atomic E-state index is -0.245. The van der Waals surface area contributed by atoms with Gasteiger partial charge in [-0.05, 0) is 18.6 Å². The first-order valence-electron chi connectivity index (χ1n) is 6.17. The Balaban J connectivity index is 2.16. The van der Waals surface area contributed by atoms with E-state index >= 15 is 0 Å². The minimum absolute atomic E-state index is 0.0309. The second-order valence-corrected chi connectivity index (χ2v) is 5.54. The Morgan fingerprint density at radius 1 is 1.37 bits per heavy atom. The number of nitrogens with zero attached hydrogens (tertiary/aromatic N) is 2. The van der Waals surface area contributed by atoms with Crippen LogP contribution in [0.15, 0.2) is 24.4 Å². The summed E-state index contributed by atoms with van der Waals surface area (Å²) in [5.74, 6) is 0.269. The molecule has 0 atom stereocenters. The van der Waals surface area contributed by atoms with Crippen LogP contribution in [-0.2, 0) is 5.41 Å². The van der Waals surface area contributed by atoms with Crippen LogP contribution in [-0.4, -0.2) is 21.1 Å². The summed E-state index contributed by atoms with van der Waals surface area (Å²) < 4.78 is 0. The number of aromatic nitrogens is 3. The number of anilines is 1. The van der Waals surface area contributed by atoms with E-state index in [0.717, 1.165) is 11.3 Å². The molecular weight excluding hydrogens is 240 g/mol. The van der Waals surface area contributed by atoms with E-state index in [0.29, 0.717) is 11.5 Å². The van der Waals surface area contributed by atoms with Crippen LogP contribution in [0.1, 0.15) is 42.5 Å². The predicted molar refractivity (Wildman–Crippen MR) is 74.2 cm³/mol. The standard InChI is InChI=1S/C14H18N4O/c1-9-6-5-7-15-12(9)13(19)16-11-8-10(17-18-11)14(2,3)4/h5-8H,1-4H3,(H2,16,17,18,19). The molecule has 100 valence electrons. The van der Waals surface area contributed by atoms with Gasteiger partial charge < -0.3 is 5.32 Å². The molecule has 5 nitrogen and oxygen atoms in total. The van der Waals surface area contributed by atoms with Gasteiger partial charge in [-0.1, -0.05) is 26.8 Å². The van der Waals surface area contributed by atoms with Crippen LogP contribution in [0.4, 0.5) is 5.82 Å². The quantitative estimate of drug-likeness (QED) is 0.870. The van der Waals surface area contributed by atoms with Gasteiger partial charge in [-0.2, -0.15) is 5.10 Å². The van der Waals surface area contributed by atoms with Gasteiger partial charge in [0, 0.05) is 23.4 Å². The molecule has 0 bridgehead atoms. The van der Waals surface area contributed by atoms with Gasteiger partial charge in [0.1, 0.15) is 5.69 Å². The molecule has 19 heavy (non-hydrogen) atoms. The predicted octanol–water partition coefficient (Wildman–Crippen LogP) is 2.66. The molecule has 0 aromatic carbocycles. The van der Waals surface area contributed by atoms with E-state index in [9.17, 15) is 4.79 Å². The monoisotopic (exact) mass is 258 g/mol. The van der Waals surface area contributed by atoms with E-state index in [4.69, 9.17) is 0 Å². The number of hydrogen-bond acceptors (Lipinski definition) is 3. The van der Waals surface area contributed by atoms with Crippen LogP contribution in [0.2, 0.25) is 0 Å². The maximum atomic E-state index is 12.1. The fraction of sp³-hybridized carbons (Fsp3) is 0.357. The normalized spacial score (nSPS) is 11.4. The summed E-state index contributed by atoms with van der Waals surface area (Å²) in [5, 5.41) is 9.77. The molecule has 0 spiro atoms. The van der Waals surface area contributed by atoms with Crippen LogP contribution in [0, 0.1) is 6.92 Å². The number of carbonyl (C=O) groups excluding carboxylic acids is 1. The molecule has 0 saturated heterocycles. The largest absolute Gasteiger partial charge is 0.304 e. The molecule has 1 amide bonds. The van der Waals surface area contributed by atoms with Crippen LogP contribution < -0.4 is 5.32 Å². The highest BCUT2D eigenvalue weighted by Crippen LogP contribution is 2.22. The maximum absolute atomic E-state index is 12.1. The third-order valence-corrected chi connectivity index (χ3v) is 2.85. The molecule has 0 fully saturated rings. The Morgan fingerprint density at radius 2 is 2.11 bits per heavy atom. The summed E-state index contributed by atoms with van der Waals surface area (Å²) >= 11 is 0. The first-order valence-corrected chi connectivity index (χ1v) is 6.17. The highest BCUT2D eigenvalue weighted by molar-refractivity contribution is 6.03. The molecule has 2 N–H and O–H groups in total. The van der Waals surface area contributed by atoms with E-state index in [1.165, 1.54) is 0 Å². The number of amides is 1. The number of nitrogens with one attached hydrogen (secondary N) is 2. The van der Waals surface area contributed by atoms with Crippen molar-refractivity contribution in [1.29, 1.82) is 0 Å². The molecule has 2 rings (SSSR count). The van der Waals surface area contributed by atoms with Gasteiger partial charge in [-0.3, -0.25) is 14.9 Å². The van der Waals surface area contributed by atoms with Gasteiger partial charge in [-0.15, -0.1) is 0 Å². The average Bonchev–Trinajstić information content (AvgIpc) is 2.77. The van der Waals surface area contributed by atoms with E-state index in [2.05, 4.69) is 41.3 Å². The van der Waals surface area contributed by atoms with Crippen molar-refractivity contribution in [3.8, 4) is 0 Å². The molecule has 2 aromatic rings. The van der Waals surface area contributed by atoms with Crippen LogP contribution in [0.5, 0.6) is 0 Å². The molecule has 0 aliphatic carbocycles. The number of aryl methyl sites for hydroxylation is 1. The van der Waals surface area contributed by atoms with E-state index in [1.54, 1.807) is 12.3 Å². The zero-order valence-corrected chi connectivity index (χ0v) is 11.6. The molecule has 0 saturated carbocycles. The van der Waals surface area contributed by atoms with E-state index < -0.39 is 0 Å². The highest BCUT2D eigenvalue weighted by Gasteiger charge is 2.18. The van der Waals surface area contributed by atoms with Gasteiger partial charge in [0.2, 0.25) is 0 Å². The lowest BCUT2D eigenvalue weighted by atomic mass is 9.92. The fourth-order valence-corrected chi connectivity index (χ4v) is 1.67. The Labute approximate surface area is 112 Å². The van der Waals surface area contributed by atoms with Crippen molar-refractivity contribution in [2.45, 2.75) is 33.1 Å². The molecular formula is C14H18N4O. The Bertz CT molecular complexity index is 595. The summed E-state index contributed by atoms with van der Waals surface area (Å²) in [6.07, 6.45) is 1.60. The number of rotatable bonds is 2. The maximum Gasteiger partial charge on any atom is 0.275 e. The number of carbonyl (C=O) groups is 1. The lowest BCUT2D eigenvalue weighted by Gasteiger charge is -2.14. The topological polar surface area (TPSA) is 70.7 Å². The first-order chi connectivity index (χ1) is 8.88. The van der Waals surface area contributed by atoms with E-state index in [1.807, 2.05) is 19.1 Å². The number of pyridine rings is 1. The molecule has 0 unspecified atom stereocenters. The van der Waals surface area contributed by atoms with Crippen molar-refractivity contribution in [3.63, 3.8) is 0 Å². The van der Waals surface area contributed by atoms with Gasteiger partial charge in [0.25, 0.3) is 5.91 Å². The first kappa shape index (κ1) is 13.3. The lowest BCUT2D eigenvalue weighted by Crippen LogP contribution is -2.15. The average molecular weight is 258 g/mol.